The molecule has 142 valence electrons. The van der Waals surface area contributed by atoms with Gasteiger partial charge in [0, 0.05) is 28.3 Å². The minimum Gasteiger partial charge on any atom is -0.296 e. The molecule has 0 radical (unpaired) electrons. The molecular formula is C20H14F3N3OS. The second-order valence-electron chi connectivity index (χ2n) is 6.13. The molecule has 0 bridgehead atoms. The largest absolute Gasteiger partial charge is 0.416 e. The van der Waals surface area contributed by atoms with Crippen molar-refractivity contribution in [3.63, 3.8) is 0 Å². The Morgan fingerprint density at radius 1 is 1.04 bits per heavy atom. The third-order valence-corrected chi connectivity index (χ3v) is 5.13. The van der Waals surface area contributed by atoms with Crippen LogP contribution in [-0.2, 0) is 6.18 Å². The Labute approximate surface area is 162 Å². The van der Waals surface area contributed by atoms with Gasteiger partial charge in [0.1, 0.15) is 0 Å². The van der Waals surface area contributed by atoms with E-state index >= 15 is 0 Å². The van der Waals surface area contributed by atoms with Gasteiger partial charge in [-0.3, -0.25) is 9.89 Å². The van der Waals surface area contributed by atoms with Crippen molar-refractivity contribution in [3.05, 3.63) is 76.7 Å². The van der Waals surface area contributed by atoms with Gasteiger partial charge < -0.3 is 0 Å². The lowest BCUT2D eigenvalue weighted by molar-refractivity contribution is -0.137. The molecule has 0 saturated carbocycles. The maximum atomic E-state index is 13.1. The van der Waals surface area contributed by atoms with E-state index < -0.39 is 11.7 Å². The third-order valence-electron chi connectivity index (χ3n) is 4.38. The minimum atomic E-state index is -4.45. The zero-order chi connectivity index (χ0) is 19.9. The van der Waals surface area contributed by atoms with E-state index in [4.69, 9.17) is 0 Å². The molecule has 0 atom stereocenters. The number of nitrogens with one attached hydrogen (secondary N) is 1. The fraction of sp³-hybridized carbons (Fsp3) is 0.100. The first kappa shape index (κ1) is 18.4. The number of H-pyrrole nitrogens is 1. The monoisotopic (exact) mass is 401 g/mol. The van der Waals surface area contributed by atoms with Crippen LogP contribution in [0.1, 0.15) is 5.56 Å². The lowest BCUT2D eigenvalue weighted by Gasteiger charge is -2.08. The number of aromatic amines is 1. The van der Waals surface area contributed by atoms with Crippen LogP contribution in [0.15, 0.2) is 70.5 Å². The normalized spacial score (nSPS) is 11.9. The van der Waals surface area contributed by atoms with Crippen LogP contribution in [0.2, 0.25) is 0 Å². The van der Waals surface area contributed by atoms with Gasteiger partial charge >= 0.3 is 6.18 Å². The number of halogens is 3. The van der Waals surface area contributed by atoms with Gasteiger partial charge in [-0.2, -0.15) is 13.2 Å². The Hall–Kier alpha value is -3.00. The van der Waals surface area contributed by atoms with E-state index in [0.29, 0.717) is 16.8 Å². The van der Waals surface area contributed by atoms with Gasteiger partial charge in [-0.1, -0.05) is 24.3 Å². The third kappa shape index (κ3) is 3.31. The van der Waals surface area contributed by atoms with Gasteiger partial charge in [-0.25, -0.2) is 9.50 Å². The highest BCUT2D eigenvalue weighted by Crippen LogP contribution is 2.33. The number of thioether (sulfide) groups is 1. The van der Waals surface area contributed by atoms with Crippen LogP contribution in [-0.4, -0.2) is 20.9 Å². The summed E-state index contributed by atoms with van der Waals surface area (Å²) < 4.78 is 40.4. The predicted octanol–water partition coefficient (Wildman–Crippen LogP) is 5.10. The highest BCUT2D eigenvalue weighted by atomic mass is 32.2. The van der Waals surface area contributed by atoms with Gasteiger partial charge in [-0.05, 0) is 36.1 Å². The zero-order valence-electron chi connectivity index (χ0n) is 14.6. The average Bonchev–Trinajstić information content (AvgIpc) is 3.12. The molecule has 0 saturated heterocycles. The first-order chi connectivity index (χ1) is 13.4. The molecule has 4 rings (SSSR count). The highest BCUT2D eigenvalue weighted by molar-refractivity contribution is 7.98. The van der Waals surface area contributed by atoms with E-state index in [1.807, 2.05) is 30.5 Å². The Morgan fingerprint density at radius 2 is 1.79 bits per heavy atom. The second-order valence-corrected chi connectivity index (χ2v) is 7.01. The molecule has 0 aliphatic rings. The number of fused-ring (bicyclic) bond motifs is 1. The predicted molar refractivity (Wildman–Crippen MR) is 103 cm³/mol. The van der Waals surface area contributed by atoms with E-state index in [0.717, 1.165) is 22.6 Å². The number of nitrogens with zero attached hydrogens (tertiary/aromatic N) is 2. The van der Waals surface area contributed by atoms with Gasteiger partial charge in [-0.15, -0.1) is 11.8 Å². The summed E-state index contributed by atoms with van der Waals surface area (Å²) >= 11 is 1.60. The Kier molecular flexibility index (Phi) is 4.50. The Bertz CT molecular complexity index is 1210. The fourth-order valence-electron chi connectivity index (χ4n) is 2.97. The topological polar surface area (TPSA) is 50.2 Å². The summed E-state index contributed by atoms with van der Waals surface area (Å²) in [5.41, 5.74) is 1.15. The second kappa shape index (κ2) is 6.87. The summed E-state index contributed by atoms with van der Waals surface area (Å²) in [6, 6.07) is 13.9. The molecule has 0 fully saturated rings. The van der Waals surface area contributed by atoms with Crippen molar-refractivity contribution < 1.29 is 13.2 Å². The molecule has 2 aromatic carbocycles. The van der Waals surface area contributed by atoms with Crippen molar-refractivity contribution in [2.45, 2.75) is 11.1 Å². The van der Waals surface area contributed by atoms with Gasteiger partial charge in [0.2, 0.25) is 0 Å². The molecule has 0 unspecified atom stereocenters. The molecule has 2 aromatic heterocycles. The molecule has 4 nitrogen and oxygen atoms in total. The Morgan fingerprint density at radius 3 is 2.46 bits per heavy atom. The lowest BCUT2D eigenvalue weighted by Crippen LogP contribution is -2.14. The van der Waals surface area contributed by atoms with E-state index in [9.17, 15) is 18.0 Å². The maximum absolute atomic E-state index is 13.1. The van der Waals surface area contributed by atoms with Crippen molar-refractivity contribution in [2.75, 3.05) is 6.26 Å². The van der Waals surface area contributed by atoms with Gasteiger partial charge in [0.05, 0.1) is 11.3 Å². The van der Waals surface area contributed by atoms with Crippen molar-refractivity contribution in [3.8, 4) is 22.4 Å². The van der Waals surface area contributed by atoms with E-state index in [-0.39, 0.29) is 11.2 Å². The van der Waals surface area contributed by atoms with Gasteiger partial charge in [0.25, 0.3) is 5.56 Å². The first-order valence-corrected chi connectivity index (χ1v) is 9.52. The number of hydrogen-bond donors (Lipinski definition) is 1. The van der Waals surface area contributed by atoms with Gasteiger partial charge in [0.15, 0.2) is 5.65 Å². The van der Waals surface area contributed by atoms with E-state index in [1.165, 1.54) is 22.8 Å². The first-order valence-electron chi connectivity index (χ1n) is 8.30. The SMILES string of the molecule is CSc1ccc(-c2cc(=O)n3[nH]cc(-c4cccc(C(F)(F)F)c4)c3n2)cc1. The molecule has 4 aromatic rings. The molecule has 2 heterocycles. The highest BCUT2D eigenvalue weighted by Gasteiger charge is 2.30. The Balaban J connectivity index is 1.87. The molecule has 0 spiro atoms. The number of rotatable bonds is 3. The van der Waals surface area contributed by atoms with Crippen LogP contribution in [0.3, 0.4) is 0 Å². The number of benzene rings is 2. The van der Waals surface area contributed by atoms with Crippen LogP contribution in [0.25, 0.3) is 28.0 Å². The average molecular weight is 401 g/mol. The van der Waals surface area contributed by atoms with Crippen molar-refractivity contribution in [2.24, 2.45) is 0 Å². The number of hydrogen-bond acceptors (Lipinski definition) is 3. The quantitative estimate of drug-likeness (QED) is 0.486. The van der Waals surface area contributed by atoms with Crippen molar-refractivity contribution in [1.29, 1.82) is 0 Å². The van der Waals surface area contributed by atoms with Crippen LogP contribution in [0.4, 0.5) is 13.2 Å². The van der Waals surface area contributed by atoms with Crippen molar-refractivity contribution >= 4 is 17.4 Å². The molecule has 28 heavy (non-hydrogen) atoms. The van der Waals surface area contributed by atoms with E-state index in [1.54, 1.807) is 17.8 Å². The summed E-state index contributed by atoms with van der Waals surface area (Å²) in [6.07, 6.45) is -0.997. The zero-order valence-corrected chi connectivity index (χ0v) is 15.4. The molecule has 0 amide bonds. The maximum Gasteiger partial charge on any atom is 0.416 e. The summed E-state index contributed by atoms with van der Waals surface area (Å²) in [4.78, 5) is 18.1. The summed E-state index contributed by atoms with van der Waals surface area (Å²) in [5.74, 6) is 0. The molecular weight excluding hydrogens is 387 g/mol. The molecule has 0 aliphatic heterocycles. The molecule has 8 heteroatoms. The minimum absolute atomic E-state index is 0.274. The fourth-order valence-corrected chi connectivity index (χ4v) is 3.37. The van der Waals surface area contributed by atoms with Crippen LogP contribution >= 0.6 is 11.8 Å². The summed E-state index contributed by atoms with van der Waals surface area (Å²) in [6.45, 7) is 0. The lowest BCUT2D eigenvalue weighted by atomic mass is 10.1. The van der Waals surface area contributed by atoms with Crippen LogP contribution in [0, 0.1) is 0 Å². The summed E-state index contributed by atoms with van der Waals surface area (Å²) in [5, 5.41) is 2.77. The van der Waals surface area contributed by atoms with Crippen LogP contribution in [0.5, 0.6) is 0 Å². The summed E-state index contributed by atoms with van der Waals surface area (Å²) in [7, 11) is 0. The smallest absolute Gasteiger partial charge is 0.296 e. The molecule has 0 aliphatic carbocycles. The van der Waals surface area contributed by atoms with E-state index in [2.05, 4.69) is 10.1 Å². The number of aromatic nitrogens is 3. The number of alkyl halides is 3. The van der Waals surface area contributed by atoms with Crippen LogP contribution < -0.4 is 5.56 Å². The molecule has 1 N–H and O–H groups in total. The van der Waals surface area contributed by atoms with Crippen molar-refractivity contribution in [1.82, 2.24) is 14.6 Å². The standard InChI is InChI=1S/C20H14F3N3OS/c1-28-15-7-5-12(6-8-15)17-10-18(27)26-19(25-17)16(11-24-26)13-3-2-4-14(9-13)20(21,22)23/h2-11,24H,1H3.